The smallest absolute Gasteiger partial charge is 0.311 e. The van der Waals surface area contributed by atoms with Crippen molar-refractivity contribution in [1.82, 2.24) is 5.32 Å². The first kappa shape index (κ1) is 22.9. The Morgan fingerprint density at radius 1 is 1.18 bits per heavy atom. The third-order valence-electron chi connectivity index (χ3n) is 4.74. The number of rotatable bonds is 8. The van der Waals surface area contributed by atoms with Crippen LogP contribution in [0, 0.1) is 15.9 Å². The van der Waals surface area contributed by atoms with E-state index in [1.807, 2.05) is 6.92 Å². The van der Waals surface area contributed by atoms with Gasteiger partial charge in [0.2, 0.25) is 0 Å². The Bertz CT molecular complexity index is 1310. The molecule has 2 aromatic carbocycles. The highest BCUT2D eigenvalue weighted by Gasteiger charge is 2.34. The molecule has 0 bridgehead atoms. The lowest BCUT2D eigenvalue weighted by atomic mass is 10.2. The molecule has 0 unspecified atom stereocenters. The minimum absolute atomic E-state index is 0.179. The molecule has 1 amide bonds. The average Bonchev–Trinajstić information content (AvgIpc) is 3.36. The van der Waals surface area contributed by atoms with Gasteiger partial charge in [-0.3, -0.25) is 14.9 Å². The minimum atomic E-state index is -0.664. The summed E-state index contributed by atoms with van der Waals surface area (Å²) in [4.78, 5) is 24.8. The van der Waals surface area contributed by atoms with Crippen molar-refractivity contribution in [2.45, 2.75) is 13.5 Å². The molecule has 1 fully saturated rings. The van der Waals surface area contributed by atoms with Gasteiger partial charge < -0.3 is 19.2 Å². The van der Waals surface area contributed by atoms with Crippen LogP contribution in [-0.4, -0.2) is 22.5 Å². The predicted octanol–water partition coefficient (Wildman–Crippen LogP) is 4.57. The Labute approximate surface area is 198 Å². The topological polar surface area (TPSA) is 107 Å². The van der Waals surface area contributed by atoms with Gasteiger partial charge in [-0.05, 0) is 49.5 Å². The number of hydrogen-bond donors (Lipinski definition) is 1. The van der Waals surface area contributed by atoms with E-state index in [0.717, 1.165) is 18.2 Å². The van der Waals surface area contributed by atoms with E-state index in [1.165, 1.54) is 11.0 Å². The largest absolute Gasteiger partial charge is 0.492 e. The summed E-state index contributed by atoms with van der Waals surface area (Å²) < 4.78 is 30.1. The van der Waals surface area contributed by atoms with E-state index < -0.39 is 10.7 Å². The van der Waals surface area contributed by atoms with Crippen LogP contribution < -0.4 is 19.7 Å². The van der Waals surface area contributed by atoms with Crippen LogP contribution in [0.3, 0.4) is 0 Å². The molecule has 0 atom stereocenters. The molecule has 1 N–H and O–H groups in total. The summed E-state index contributed by atoms with van der Waals surface area (Å²) in [5.74, 6) is -0.108. The van der Waals surface area contributed by atoms with E-state index in [9.17, 15) is 19.3 Å². The number of carbonyl (C=O) groups is 1. The standard InChI is InChI=1S/C23H18FN3O6S/c1-2-31-20-6-4-3-5-18(20)26-22(28)17(25-23(26)34)12-15-8-9-16(33-15)13-32-21-11-14(24)7-10-19(21)27(29)30/h3-12H,2,13H2,1H3,(H,25,34)/b17-12+. The third-order valence-corrected chi connectivity index (χ3v) is 5.03. The summed E-state index contributed by atoms with van der Waals surface area (Å²) in [6.45, 7) is 2.09. The quantitative estimate of drug-likeness (QED) is 0.215. The Morgan fingerprint density at radius 3 is 2.74 bits per heavy atom. The van der Waals surface area contributed by atoms with Crippen LogP contribution in [-0.2, 0) is 11.4 Å². The van der Waals surface area contributed by atoms with Gasteiger partial charge >= 0.3 is 5.69 Å². The molecule has 0 spiro atoms. The number of para-hydroxylation sites is 2. The maximum Gasteiger partial charge on any atom is 0.311 e. The molecule has 1 aliphatic rings. The number of anilines is 1. The molecule has 34 heavy (non-hydrogen) atoms. The maximum atomic E-state index is 13.5. The lowest BCUT2D eigenvalue weighted by Gasteiger charge is -2.17. The number of halogens is 1. The second-order valence-electron chi connectivity index (χ2n) is 6.99. The number of ether oxygens (including phenoxy) is 2. The van der Waals surface area contributed by atoms with Crippen LogP contribution in [0.1, 0.15) is 18.4 Å². The van der Waals surface area contributed by atoms with E-state index >= 15 is 0 Å². The number of benzene rings is 2. The Kier molecular flexibility index (Phi) is 6.55. The first-order valence-corrected chi connectivity index (χ1v) is 10.5. The van der Waals surface area contributed by atoms with Gasteiger partial charge in [0.1, 0.15) is 35.4 Å². The highest BCUT2D eigenvalue weighted by Crippen LogP contribution is 2.32. The SMILES string of the molecule is CCOc1ccccc1N1C(=O)/C(=C\c2ccc(COc3cc(F)ccc3[N+](=O)[O-])o2)NC1=S. The molecule has 4 rings (SSSR count). The fourth-order valence-corrected chi connectivity index (χ4v) is 3.56. The minimum Gasteiger partial charge on any atom is -0.492 e. The van der Waals surface area contributed by atoms with Gasteiger partial charge in [-0.25, -0.2) is 9.29 Å². The molecule has 0 aliphatic carbocycles. The average molecular weight is 483 g/mol. The monoisotopic (exact) mass is 483 g/mol. The number of nitrogens with zero attached hydrogens (tertiary/aromatic N) is 2. The molecule has 0 saturated carbocycles. The Morgan fingerprint density at radius 2 is 1.97 bits per heavy atom. The van der Waals surface area contributed by atoms with Crippen molar-refractivity contribution in [2.75, 3.05) is 11.5 Å². The Balaban J connectivity index is 1.50. The van der Waals surface area contributed by atoms with Gasteiger partial charge in [0.15, 0.2) is 10.9 Å². The van der Waals surface area contributed by atoms with Crippen molar-refractivity contribution in [2.24, 2.45) is 0 Å². The highest BCUT2D eigenvalue weighted by molar-refractivity contribution is 7.80. The number of thiocarbonyl (C=S) groups is 1. The van der Waals surface area contributed by atoms with Gasteiger partial charge in [-0.1, -0.05) is 12.1 Å². The second kappa shape index (κ2) is 9.71. The van der Waals surface area contributed by atoms with Gasteiger partial charge in [0.25, 0.3) is 5.91 Å². The van der Waals surface area contributed by atoms with Crippen molar-refractivity contribution in [3.05, 3.63) is 87.7 Å². The first-order chi connectivity index (χ1) is 16.4. The van der Waals surface area contributed by atoms with Crippen LogP contribution in [0.15, 0.2) is 64.7 Å². The van der Waals surface area contributed by atoms with Crippen LogP contribution in [0.4, 0.5) is 15.8 Å². The first-order valence-electron chi connectivity index (χ1n) is 10.1. The predicted molar refractivity (Wildman–Crippen MR) is 125 cm³/mol. The lowest BCUT2D eigenvalue weighted by molar-refractivity contribution is -0.386. The zero-order chi connectivity index (χ0) is 24.2. The Hall–Kier alpha value is -4.25. The summed E-state index contributed by atoms with van der Waals surface area (Å²) in [7, 11) is 0. The molecular weight excluding hydrogens is 465 g/mol. The summed E-state index contributed by atoms with van der Waals surface area (Å²) in [5.41, 5.74) is 0.344. The molecular formula is C23H18FN3O6S. The zero-order valence-electron chi connectivity index (χ0n) is 17.8. The van der Waals surface area contributed by atoms with E-state index in [4.69, 9.17) is 26.1 Å². The molecule has 3 aromatic rings. The van der Waals surface area contributed by atoms with Crippen LogP contribution in [0.2, 0.25) is 0 Å². The van der Waals surface area contributed by atoms with Crippen molar-refractivity contribution < 1.29 is 28.0 Å². The van der Waals surface area contributed by atoms with Crippen LogP contribution in [0.5, 0.6) is 11.5 Å². The molecule has 2 heterocycles. The highest BCUT2D eigenvalue weighted by atomic mass is 32.1. The van der Waals surface area contributed by atoms with Gasteiger partial charge in [-0.2, -0.15) is 0 Å². The fourth-order valence-electron chi connectivity index (χ4n) is 3.27. The zero-order valence-corrected chi connectivity index (χ0v) is 18.6. The van der Waals surface area contributed by atoms with Crippen molar-refractivity contribution in [3.8, 4) is 11.5 Å². The number of nitrogens with one attached hydrogen (secondary N) is 1. The summed E-state index contributed by atoms with van der Waals surface area (Å²) in [6, 6.07) is 13.2. The number of furan rings is 1. The van der Waals surface area contributed by atoms with Gasteiger partial charge in [-0.15, -0.1) is 0 Å². The van der Waals surface area contributed by atoms with Crippen molar-refractivity contribution >= 4 is 40.7 Å². The third kappa shape index (κ3) is 4.74. The molecule has 11 heteroatoms. The number of hydrogen-bond acceptors (Lipinski definition) is 7. The van der Waals surface area contributed by atoms with Gasteiger partial charge in [0, 0.05) is 18.2 Å². The van der Waals surface area contributed by atoms with Gasteiger partial charge in [0.05, 0.1) is 17.2 Å². The molecule has 1 saturated heterocycles. The number of amides is 1. The number of carbonyl (C=O) groups excluding carboxylic acids is 1. The lowest BCUT2D eigenvalue weighted by Crippen LogP contribution is -2.30. The summed E-state index contributed by atoms with van der Waals surface area (Å²) >= 11 is 5.34. The molecule has 1 aromatic heterocycles. The van der Waals surface area contributed by atoms with Crippen molar-refractivity contribution in [1.29, 1.82) is 0 Å². The molecule has 1 aliphatic heterocycles. The second-order valence-corrected chi connectivity index (χ2v) is 7.38. The van der Waals surface area contributed by atoms with E-state index in [1.54, 1.807) is 36.4 Å². The van der Waals surface area contributed by atoms with E-state index in [0.29, 0.717) is 29.6 Å². The molecule has 0 radical (unpaired) electrons. The summed E-state index contributed by atoms with van der Waals surface area (Å²) in [5, 5.41) is 14.2. The molecule has 174 valence electrons. The maximum absolute atomic E-state index is 13.5. The normalized spacial score (nSPS) is 14.4. The van der Waals surface area contributed by atoms with Crippen LogP contribution >= 0.6 is 12.2 Å². The van der Waals surface area contributed by atoms with E-state index in [-0.39, 0.29) is 34.8 Å². The molecule has 9 nitrogen and oxygen atoms in total. The van der Waals surface area contributed by atoms with Crippen LogP contribution in [0.25, 0.3) is 6.08 Å². The summed E-state index contributed by atoms with van der Waals surface area (Å²) in [6.07, 6.45) is 1.48. The van der Waals surface area contributed by atoms with E-state index in [2.05, 4.69) is 5.32 Å². The fraction of sp³-hybridized carbons (Fsp3) is 0.130. The number of nitro groups is 1. The van der Waals surface area contributed by atoms with Crippen molar-refractivity contribution in [3.63, 3.8) is 0 Å². The number of nitro benzene ring substituents is 1.